The molecule has 0 bridgehead atoms. The van der Waals surface area contributed by atoms with Crippen LogP contribution in [0.1, 0.15) is 49.9 Å². The van der Waals surface area contributed by atoms with E-state index in [4.69, 9.17) is 0 Å². The van der Waals surface area contributed by atoms with Crippen molar-refractivity contribution < 1.29 is 30.0 Å². The molecule has 4 atom stereocenters. The van der Waals surface area contributed by atoms with Gasteiger partial charge in [-0.2, -0.15) is 30.6 Å². The summed E-state index contributed by atoms with van der Waals surface area (Å²) in [7, 11) is -8.46. The van der Waals surface area contributed by atoms with E-state index in [0.29, 0.717) is 33.3 Å². The van der Waals surface area contributed by atoms with Crippen molar-refractivity contribution in [1.29, 1.82) is 0 Å². The molecule has 2 fully saturated rings. The van der Waals surface area contributed by atoms with Crippen molar-refractivity contribution in [3.8, 4) is 0 Å². The van der Waals surface area contributed by atoms with Crippen LogP contribution >= 0.6 is 0 Å². The van der Waals surface area contributed by atoms with Crippen LogP contribution in [0.4, 0.5) is 13.2 Å². The Bertz CT molecular complexity index is 1850. The molecule has 6 rings (SSSR count). The maximum absolute atomic E-state index is 13.9. The van der Waals surface area contributed by atoms with Crippen molar-refractivity contribution in [1.82, 2.24) is 28.4 Å². The number of hydrogen-bond acceptors (Lipinski definition) is 6. The van der Waals surface area contributed by atoms with Crippen molar-refractivity contribution in [3.63, 3.8) is 0 Å². The second kappa shape index (κ2) is 9.78. The van der Waals surface area contributed by atoms with E-state index in [1.807, 2.05) is 6.92 Å². The number of aromatic nitrogens is 4. The number of H-pyrrole nitrogens is 1. The fourth-order valence-corrected chi connectivity index (χ4v) is 9.57. The second-order valence-electron chi connectivity index (χ2n) is 10.9. The van der Waals surface area contributed by atoms with Gasteiger partial charge in [0.05, 0.1) is 16.6 Å². The lowest BCUT2D eigenvalue weighted by atomic mass is 9.97. The summed E-state index contributed by atoms with van der Waals surface area (Å²) in [5.41, 5.74) is 1.98. The van der Waals surface area contributed by atoms with Crippen LogP contribution in [0.15, 0.2) is 52.6 Å². The van der Waals surface area contributed by atoms with Gasteiger partial charge in [0.15, 0.2) is 10.7 Å². The quantitative estimate of drug-likeness (QED) is 0.338. The number of fused-ring (bicyclic) bond motifs is 3. The molecule has 220 valence electrons. The number of aryl methyl sites for hydroxylation is 1. The topological polar surface area (TPSA) is 130 Å². The Balaban J connectivity index is 1.39. The van der Waals surface area contributed by atoms with Crippen molar-refractivity contribution in [3.05, 3.63) is 54.1 Å². The zero-order chi connectivity index (χ0) is 29.3. The van der Waals surface area contributed by atoms with Crippen LogP contribution in [0.25, 0.3) is 16.7 Å². The van der Waals surface area contributed by atoms with E-state index in [9.17, 15) is 30.0 Å². The minimum Gasteiger partial charge on any atom is -0.345 e. The summed E-state index contributed by atoms with van der Waals surface area (Å²) in [4.78, 5) is 12.2. The van der Waals surface area contributed by atoms with Gasteiger partial charge in [0.2, 0.25) is 9.84 Å². The van der Waals surface area contributed by atoms with Crippen molar-refractivity contribution >= 4 is 36.7 Å². The highest BCUT2D eigenvalue weighted by molar-refractivity contribution is 7.91. The van der Waals surface area contributed by atoms with E-state index in [2.05, 4.69) is 19.7 Å². The molecule has 10 nitrogen and oxygen atoms in total. The number of aromatic amines is 1. The second-order valence-corrected chi connectivity index (χ2v) is 14.4. The molecule has 41 heavy (non-hydrogen) atoms. The fraction of sp³-hybridized carbons (Fsp3) is 0.462. The normalized spacial score (nSPS) is 24.6. The van der Waals surface area contributed by atoms with Crippen LogP contribution in [0.3, 0.4) is 0 Å². The van der Waals surface area contributed by atoms with E-state index < -0.39 is 38.3 Å². The lowest BCUT2D eigenvalue weighted by Gasteiger charge is -2.27. The molecular weight excluding hydrogens is 581 g/mol. The van der Waals surface area contributed by atoms with E-state index >= 15 is 0 Å². The smallest absolute Gasteiger partial charge is 0.345 e. The lowest BCUT2D eigenvalue weighted by molar-refractivity contribution is -0.165. The first kappa shape index (κ1) is 28.1. The van der Waals surface area contributed by atoms with Gasteiger partial charge in [-0.1, -0.05) is 25.1 Å². The minimum atomic E-state index is -4.65. The first-order valence-electron chi connectivity index (χ1n) is 13.3. The molecule has 1 aliphatic carbocycles. The van der Waals surface area contributed by atoms with Gasteiger partial charge in [0.25, 0.3) is 10.2 Å². The van der Waals surface area contributed by atoms with Crippen LogP contribution in [-0.4, -0.2) is 65.3 Å². The number of nitrogens with one attached hydrogen (secondary N) is 2. The van der Waals surface area contributed by atoms with E-state index in [1.54, 1.807) is 41.8 Å². The van der Waals surface area contributed by atoms with Gasteiger partial charge in [0, 0.05) is 24.7 Å². The van der Waals surface area contributed by atoms with Gasteiger partial charge in [-0.05, 0) is 56.2 Å². The van der Waals surface area contributed by atoms with Gasteiger partial charge >= 0.3 is 6.18 Å². The molecule has 1 saturated carbocycles. The van der Waals surface area contributed by atoms with Crippen LogP contribution in [0, 0.1) is 12.8 Å². The minimum absolute atomic E-state index is 0.121. The molecule has 15 heteroatoms. The first-order valence-corrected chi connectivity index (χ1v) is 16.2. The van der Waals surface area contributed by atoms with Crippen LogP contribution < -0.4 is 4.72 Å². The molecule has 1 aromatic carbocycles. The number of sulfone groups is 1. The van der Waals surface area contributed by atoms with Crippen LogP contribution in [-0.2, 0) is 20.0 Å². The van der Waals surface area contributed by atoms with E-state index in [1.165, 1.54) is 12.3 Å². The Morgan fingerprint density at radius 2 is 1.83 bits per heavy atom. The van der Waals surface area contributed by atoms with Crippen LogP contribution in [0.2, 0.25) is 0 Å². The molecule has 4 aromatic rings. The highest BCUT2D eigenvalue weighted by Crippen LogP contribution is 2.42. The fourth-order valence-electron chi connectivity index (χ4n) is 6.30. The highest BCUT2D eigenvalue weighted by Gasteiger charge is 2.51. The summed E-state index contributed by atoms with van der Waals surface area (Å²) in [6, 6.07) is 5.67. The lowest BCUT2D eigenvalue weighted by Crippen LogP contribution is -2.51. The Labute approximate surface area is 235 Å². The molecule has 0 spiro atoms. The Morgan fingerprint density at radius 3 is 2.56 bits per heavy atom. The Morgan fingerprint density at radius 1 is 1.07 bits per heavy atom. The number of halogens is 3. The SMILES string of the molecule is Cc1ccccc1S(=O)(=O)c1nc([C@H]2C[C@@H](NS(=O)(=O)N3CCC[C@@H]3C(F)(F)F)C[C@H]2C)n2c1cnc1[nH]ccc12. The summed E-state index contributed by atoms with van der Waals surface area (Å²) in [6.45, 7) is 3.41. The predicted molar refractivity (Wildman–Crippen MR) is 144 cm³/mol. The monoisotopic (exact) mass is 610 g/mol. The average Bonchev–Trinajstić information content (AvgIpc) is 3.68. The van der Waals surface area contributed by atoms with Gasteiger partial charge in [-0.15, -0.1) is 0 Å². The predicted octanol–water partition coefficient (Wildman–Crippen LogP) is 4.10. The molecule has 1 saturated heterocycles. The molecule has 2 aliphatic rings. The zero-order valence-corrected chi connectivity index (χ0v) is 23.9. The summed E-state index contributed by atoms with van der Waals surface area (Å²) in [5.74, 6) is -0.0994. The third-order valence-electron chi connectivity index (χ3n) is 8.22. The maximum atomic E-state index is 13.9. The number of hydrogen-bond donors (Lipinski definition) is 2. The zero-order valence-electron chi connectivity index (χ0n) is 22.3. The van der Waals surface area contributed by atoms with Gasteiger partial charge < -0.3 is 4.98 Å². The summed E-state index contributed by atoms with van der Waals surface area (Å²) >= 11 is 0. The van der Waals surface area contributed by atoms with Gasteiger partial charge in [-0.3, -0.25) is 4.40 Å². The molecule has 0 unspecified atom stereocenters. The molecule has 3 aromatic heterocycles. The molecule has 4 heterocycles. The third kappa shape index (κ3) is 4.72. The maximum Gasteiger partial charge on any atom is 0.405 e. The number of nitrogens with zero attached hydrogens (tertiary/aromatic N) is 4. The summed E-state index contributed by atoms with van der Waals surface area (Å²) < 4.78 is 99.1. The number of imidazole rings is 1. The highest BCUT2D eigenvalue weighted by atomic mass is 32.2. The van der Waals surface area contributed by atoms with Crippen LogP contribution in [0.5, 0.6) is 0 Å². The van der Waals surface area contributed by atoms with Crippen molar-refractivity contribution in [2.75, 3.05) is 6.54 Å². The van der Waals surface area contributed by atoms with Crippen molar-refractivity contribution in [2.45, 2.75) is 73.6 Å². The van der Waals surface area contributed by atoms with Crippen molar-refractivity contribution in [2.24, 2.45) is 5.92 Å². The first-order chi connectivity index (χ1) is 19.3. The molecule has 0 radical (unpaired) electrons. The summed E-state index contributed by atoms with van der Waals surface area (Å²) in [5, 5.41) is -0.154. The number of rotatable bonds is 6. The largest absolute Gasteiger partial charge is 0.405 e. The van der Waals surface area contributed by atoms with E-state index in [-0.39, 0.29) is 53.1 Å². The number of benzene rings is 1. The third-order valence-corrected chi connectivity index (χ3v) is 11.8. The van der Waals surface area contributed by atoms with E-state index in [0.717, 1.165) is 0 Å². The van der Waals surface area contributed by atoms with Gasteiger partial charge in [-0.25, -0.2) is 18.4 Å². The standard InChI is InChI=1S/C26H29F3N6O4S2/c1-15-6-3-4-7-21(15)40(36,37)25-20-14-31-23-19(9-10-30-23)35(20)24(32-25)18-13-17(12-16(18)2)33-41(38,39)34-11-5-8-22(34)26(27,28)29/h3-4,6-7,9-10,14,16-18,22,30,33H,5,8,11-13H2,1-2H3/t16-,17+,18+,22-/m1/s1. The Kier molecular flexibility index (Phi) is 6.71. The molecule has 1 aliphatic heterocycles. The summed E-state index contributed by atoms with van der Waals surface area (Å²) in [6.07, 6.45) is -1.07. The molecular formula is C26H29F3N6O4S2. The average molecular weight is 611 g/mol. The Hall–Kier alpha value is -3.01. The molecule has 2 N–H and O–H groups in total. The number of alkyl halides is 3. The molecule has 0 amide bonds. The van der Waals surface area contributed by atoms with Gasteiger partial charge in [0.1, 0.15) is 17.4 Å².